The van der Waals surface area contributed by atoms with E-state index in [0.29, 0.717) is 11.2 Å². The highest BCUT2D eigenvalue weighted by atomic mass is 79.9. The molecule has 0 aliphatic rings. The first kappa shape index (κ1) is 14.1. The minimum absolute atomic E-state index is 0.205. The van der Waals surface area contributed by atoms with Crippen LogP contribution in [0.5, 0.6) is 5.75 Å². The smallest absolute Gasteiger partial charge is 0.227 e. The average molecular weight is 348 g/mol. The normalized spacial score (nSPS) is 11.0. The maximum absolute atomic E-state index is 5.78. The van der Waals surface area contributed by atoms with E-state index in [-0.39, 0.29) is 6.79 Å². The molecule has 3 aromatic rings. The van der Waals surface area contributed by atoms with Gasteiger partial charge in [0.05, 0.1) is 0 Å². The second-order valence-corrected chi connectivity index (χ2v) is 5.05. The first-order valence-electron chi connectivity index (χ1n) is 6.48. The van der Waals surface area contributed by atoms with Crippen LogP contribution >= 0.6 is 15.9 Å². The van der Waals surface area contributed by atoms with Crippen molar-refractivity contribution in [3.8, 4) is 17.2 Å². The van der Waals surface area contributed by atoms with Gasteiger partial charge in [0.15, 0.2) is 12.4 Å². The molecule has 0 saturated carbocycles. The summed E-state index contributed by atoms with van der Waals surface area (Å²) in [5.41, 5.74) is 3.54. The lowest BCUT2D eigenvalue weighted by molar-refractivity contribution is 0.0506. The van der Waals surface area contributed by atoms with E-state index in [0.717, 1.165) is 28.0 Å². The Kier molecular flexibility index (Phi) is 4.22. The van der Waals surface area contributed by atoms with E-state index in [9.17, 15) is 0 Å². The van der Waals surface area contributed by atoms with Crippen molar-refractivity contribution >= 4 is 27.0 Å². The van der Waals surface area contributed by atoms with Crippen molar-refractivity contribution < 1.29 is 13.9 Å². The van der Waals surface area contributed by atoms with Crippen LogP contribution in [0.25, 0.3) is 22.6 Å². The molecule has 0 fully saturated rings. The van der Waals surface area contributed by atoms with Gasteiger partial charge in [-0.15, -0.1) is 0 Å². The molecule has 0 N–H and O–H groups in total. The van der Waals surface area contributed by atoms with Crippen LogP contribution < -0.4 is 4.74 Å². The fourth-order valence-corrected chi connectivity index (χ4v) is 2.51. The minimum atomic E-state index is 0.205. The second-order valence-electron chi connectivity index (χ2n) is 4.49. The number of hydrogen-bond acceptors (Lipinski definition) is 4. The van der Waals surface area contributed by atoms with E-state index in [1.165, 1.54) is 0 Å². The van der Waals surface area contributed by atoms with Crippen molar-refractivity contribution in [3.63, 3.8) is 0 Å². The summed E-state index contributed by atoms with van der Waals surface area (Å²) in [5.74, 6) is 1.34. The van der Waals surface area contributed by atoms with Crippen LogP contribution in [-0.4, -0.2) is 18.9 Å². The minimum Gasteiger partial charge on any atom is -0.467 e. The quantitative estimate of drug-likeness (QED) is 0.507. The number of oxazole rings is 1. The molecule has 0 aliphatic heterocycles. The number of aromatic nitrogens is 1. The molecule has 108 valence electrons. The average Bonchev–Trinajstić information content (AvgIpc) is 2.96. The monoisotopic (exact) mass is 347 g/mol. The van der Waals surface area contributed by atoms with Crippen molar-refractivity contribution in [1.29, 1.82) is 0 Å². The van der Waals surface area contributed by atoms with E-state index in [2.05, 4.69) is 20.9 Å². The molecular weight excluding hydrogens is 334 g/mol. The molecule has 0 unspecified atom stereocenters. The summed E-state index contributed by atoms with van der Waals surface area (Å²) in [5, 5.41) is 0.708. The number of nitrogens with zero attached hydrogens (tertiary/aromatic N) is 1. The van der Waals surface area contributed by atoms with Crippen LogP contribution in [0.15, 0.2) is 46.9 Å². The summed E-state index contributed by atoms with van der Waals surface area (Å²) in [6.07, 6.45) is 0. The summed E-state index contributed by atoms with van der Waals surface area (Å²) in [7, 11) is 1.60. The maximum Gasteiger partial charge on any atom is 0.227 e. The fourth-order valence-electron chi connectivity index (χ4n) is 2.05. The Morgan fingerprint density at radius 3 is 2.81 bits per heavy atom. The van der Waals surface area contributed by atoms with Gasteiger partial charge in [-0.3, -0.25) is 0 Å². The van der Waals surface area contributed by atoms with Crippen molar-refractivity contribution in [3.05, 3.63) is 48.0 Å². The first-order chi connectivity index (χ1) is 10.3. The molecule has 0 atom stereocenters. The molecule has 0 saturated heterocycles. The first-order valence-corrected chi connectivity index (χ1v) is 7.60. The number of ether oxygens (including phenoxy) is 2. The number of alkyl halides is 1. The number of fused-ring (bicyclic) bond motifs is 1. The molecular formula is C16H14BrNO3. The van der Waals surface area contributed by atoms with Gasteiger partial charge in [0, 0.05) is 23.6 Å². The number of para-hydroxylation sites is 2. The Balaban J connectivity index is 2.01. The predicted octanol–water partition coefficient (Wildman–Crippen LogP) is 4.37. The number of rotatable bonds is 5. The highest BCUT2D eigenvalue weighted by Crippen LogP contribution is 2.30. The number of hydrogen-bond donors (Lipinski definition) is 0. The topological polar surface area (TPSA) is 44.5 Å². The standard InChI is InChI=1S/C16H14BrNO3/c1-19-10-20-15-8-11(6-7-12(15)9-17)16-18-13-4-2-3-5-14(13)21-16/h2-8H,9-10H2,1H3. The molecule has 0 amide bonds. The number of benzene rings is 2. The third-order valence-electron chi connectivity index (χ3n) is 3.08. The van der Waals surface area contributed by atoms with Crippen molar-refractivity contribution in [1.82, 2.24) is 4.98 Å². The summed E-state index contributed by atoms with van der Waals surface area (Å²) >= 11 is 3.45. The zero-order valence-corrected chi connectivity index (χ0v) is 13.1. The summed E-state index contributed by atoms with van der Waals surface area (Å²) < 4.78 is 16.3. The number of halogens is 1. The molecule has 0 aliphatic carbocycles. The second kappa shape index (κ2) is 6.28. The third kappa shape index (κ3) is 2.94. The Morgan fingerprint density at radius 2 is 2.05 bits per heavy atom. The largest absolute Gasteiger partial charge is 0.467 e. The van der Waals surface area contributed by atoms with Crippen molar-refractivity contribution in [2.24, 2.45) is 0 Å². The van der Waals surface area contributed by atoms with Gasteiger partial charge in [-0.05, 0) is 24.3 Å². The summed E-state index contributed by atoms with van der Waals surface area (Å²) in [4.78, 5) is 4.49. The lowest BCUT2D eigenvalue weighted by atomic mass is 10.1. The van der Waals surface area contributed by atoms with Crippen LogP contribution in [0.4, 0.5) is 0 Å². The zero-order valence-electron chi connectivity index (χ0n) is 11.5. The molecule has 21 heavy (non-hydrogen) atoms. The molecule has 2 aromatic carbocycles. The van der Waals surface area contributed by atoms with Gasteiger partial charge in [0.1, 0.15) is 11.3 Å². The highest BCUT2D eigenvalue weighted by Gasteiger charge is 2.11. The van der Waals surface area contributed by atoms with E-state index < -0.39 is 0 Å². The Labute approximate surface area is 130 Å². The molecule has 3 rings (SSSR count). The maximum atomic E-state index is 5.78. The van der Waals surface area contributed by atoms with Crippen LogP contribution in [0.3, 0.4) is 0 Å². The Bertz CT molecular complexity index is 721. The molecule has 0 bridgehead atoms. The van der Waals surface area contributed by atoms with Crippen LogP contribution in [-0.2, 0) is 10.1 Å². The summed E-state index contributed by atoms with van der Waals surface area (Å²) in [6.45, 7) is 0.205. The Hall–Kier alpha value is -1.85. The van der Waals surface area contributed by atoms with Crippen molar-refractivity contribution in [2.75, 3.05) is 13.9 Å². The zero-order chi connectivity index (χ0) is 14.7. The summed E-state index contributed by atoms with van der Waals surface area (Å²) in [6, 6.07) is 13.6. The van der Waals surface area contributed by atoms with Gasteiger partial charge >= 0.3 is 0 Å². The molecule has 1 heterocycles. The predicted molar refractivity (Wildman–Crippen MR) is 84.6 cm³/mol. The van der Waals surface area contributed by atoms with Crippen molar-refractivity contribution in [2.45, 2.75) is 5.33 Å². The molecule has 0 radical (unpaired) electrons. The van der Waals surface area contributed by atoms with E-state index in [1.807, 2.05) is 42.5 Å². The SMILES string of the molecule is COCOc1cc(-c2nc3ccccc3o2)ccc1CBr. The van der Waals surface area contributed by atoms with E-state index >= 15 is 0 Å². The lowest BCUT2D eigenvalue weighted by Gasteiger charge is -2.10. The van der Waals surface area contributed by atoms with Crippen LogP contribution in [0, 0.1) is 0 Å². The lowest BCUT2D eigenvalue weighted by Crippen LogP contribution is -2.01. The van der Waals surface area contributed by atoms with Gasteiger partial charge < -0.3 is 13.9 Å². The van der Waals surface area contributed by atoms with Crippen LogP contribution in [0.1, 0.15) is 5.56 Å². The van der Waals surface area contributed by atoms with Crippen LogP contribution in [0.2, 0.25) is 0 Å². The van der Waals surface area contributed by atoms with Gasteiger partial charge in [0.25, 0.3) is 0 Å². The molecule has 4 nitrogen and oxygen atoms in total. The van der Waals surface area contributed by atoms with E-state index in [4.69, 9.17) is 13.9 Å². The molecule has 5 heteroatoms. The van der Waals surface area contributed by atoms with Gasteiger partial charge in [-0.2, -0.15) is 0 Å². The van der Waals surface area contributed by atoms with Gasteiger partial charge in [-0.1, -0.05) is 34.1 Å². The third-order valence-corrected chi connectivity index (χ3v) is 3.69. The fraction of sp³-hybridized carbons (Fsp3) is 0.188. The number of methoxy groups -OCH3 is 1. The Morgan fingerprint density at radius 1 is 1.19 bits per heavy atom. The molecule has 0 spiro atoms. The van der Waals surface area contributed by atoms with Gasteiger partial charge in [-0.25, -0.2) is 4.98 Å². The van der Waals surface area contributed by atoms with Gasteiger partial charge in [0.2, 0.25) is 5.89 Å². The highest BCUT2D eigenvalue weighted by molar-refractivity contribution is 9.08. The van der Waals surface area contributed by atoms with E-state index in [1.54, 1.807) is 7.11 Å². The molecule has 1 aromatic heterocycles.